The van der Waals surface area contributed by atoms with Crippen LogP contribution in [-0.4, -0.2) is 11.7 Å². The number of Topliss-reactive ketones (excluding diaryl/α,β-unsaturated/α-hetero) is 1. The van der Waals surface area contributed by atoms with E-state index in [-0.39, 0.29) is 17.6 Å². The predicted molar refractivity (Wildman–Crippen MR) is 78.5 cm³/mol. The first kappa shape index (κ1) is 12.1. The second-order valence-electron chi connectivity index (χ2n) is 5.20. The largest absolute Gasteiger partial charge is 0.325 e. The van der Waals surface area contributed by atoms with Crippen LogP contribution >= 0.6 is 22.9 Å². The Balaban J connectivity index is 1.72. The van der Waals surface area contributed by atoms with Crippen molar-refractivity contribution in [1.29, 1.82) is 0 Å². The maximum absolute atomic E-state index is 12.5. The molecule has 1 spiro atoms. The van der Waals surface area contributed by atoms with E-state index < -0.39 is 5.41 Å². The van der Waals surface area contributed by atoms with Gasteiger partial charge in [0.05, 0.1) is 14.6 Å². The van der Waals surface area contributed by atoms with E-state index in [0.717, 1.165) is 11.3 Å². The molecule has 0 saturated heterocycles. The number of thiophene rings is 1. The van der Waals surface area contributed by atoms with Crippen molar-refractivity contribution in [3.63, 3.8) is 0 Å². The molecule has 2 heterocycles. The topological polar surface area (TPSA) is 46.2 Å². The van der Waals surface area contributed by atoms with Crippen molar-refractivity contribution >= 4 is 40.3 Å². The van der Waals surface area contributed by atoms with Gasteiger partial charge < -0.3 is 5.32 Å². The molecule has 1 aromatic carbocycles. The lowest BCUT2D eigenvalue weighted by atomic mass is 9.93. The number of rotatable bonds is 2. The van der Waals surface area contributed by atoms with Crippen LogP contribution < -0.4 is 5.32 Å². The van der Waals surface area contributed by atoms with Gasteiger partial charge in [0.2, 0.25) is 5.91 Å². The SMILES string of the molecule is O=C(c1ccc(Cl)s1)C1CC12C(=O)Nc1ccccc12. The number of hydrogen-bond donors (Lipinski definition) is 1. The lowest BCUT2D eigenvalue weighted by Crippen LogP contribution is -2.24. The Labute approximate surface area is 124 Å². The molecule has 1 amide bonds. The summed E-state index contributed by atoms with van der Waals surface area (Å²) >= 11 is 7.15. The second-order valence-corrected chi connectivity index (χ2v) is 6.91. The van der Waals surface area contributed by atoms with Crippen LogP contribution in [0.2, 0.25) is 4.34 Å². The van der Waals surface area contributed by atoms with Gasteiger partial charge in [-0.05, 0) is 30.2 Å². The average molecular weight is 304 g/mol. The number of para-hydroxylation sites is 1. The Morgan fingerprint density at radius 1 is 1.30 bits per heavy atom. The molecule has 2 atom stereocenters. The molecule has 1 aliphatic heterocycles. The van der Waals surface area contributed by atoms with Crippen LogP contribution in [0.25, 0.3) is 0 Å². The maximum Gasteiger partial charge on any atom is 0.235 e. The molecule has 1 saturated carbocycles. The van der Waals surface area contributed by atoms with Gasteiger partial charge in [-0.2, -0.15) is 0 Å². The highest BCUT2D eigenvalue weighted by Crippen LogP contribution is 2.61. The van der Waals surface area contributed by atoms with Crippen LogP contribution in [0.3, 0.4) is 0 Å². The number of anilines is 1. The minimum Gasteiger partial charge on any atom is -0.325 e. The number of halogens is 1. The summed E-state index contributed by atoms with van der Waals surface area (Å²) in [7, 11) is 0. The summed E-state index contributed by atoms with van der Waals surface area (Å²) in [6, 6.07) is 11.1. The molecule has 0 bridgehead atoms. The Morgan fingerprint density at radius 2 is 2.10 bits per heavy atom. The van der Waals surface area contributed by atoms with Crippen LogP contribution in [0.5, 0.6) is 0 Å². The molecule has 5 heteroatoms. The first-order chi connectivity index (χ1) is 9.63. The zero-order valence-electron chi connectivity index (χ0n) is 10.4. The lowest BCUT2D eigenvalue weighted by Gasteiger charge is -2.06. The number of carbonyl (C=O) groups is 2. The number of hydrogen-bond acceptors (Lipinski definition) is 3. The quantitative estimate of drug-likeness (QED) is 0.863. The second kappa shape index (κ2) is 3.93. The number of fused-ring (bicyclic) bond motifs is 2. The van der Waals surface area contributed by atoms with Crippen LogP contribution in [0, 0.1) is 5.92 Å². The number of benzene rings is 1. The Hall–Kier alpha value is -1.65. The van der Waals surface area contributed by atoms with Crippen molar-refractivity contribution in [2.24, 2.45) is 5.92 Å². The number of ketones is 1. The van der Waals surface area contributed by atoms with Crippen LogP contribution in [0.4, 0.5) is 5.69 Å². The van der Waals surface area contributed by atoms with E-state index in [9.17, 15) is 9.59 Å². The van der Waals surface area contributed by atoms with Gasteiger partial charge in [-0.1, -0.05) is 29.8 Å². The first-order valence-corrected chi connectivity index (χ1v) is 7.53. The first-order valence-electron chi connectivity index (χ1n) is 6.33. The van der Waals surface area contributed by atoms with E-state index >= 15 is 0 Å². The summed E-state index contributed by atoms with van der Waals surface area (Å²) in [4.78, 5) is 25.4. The molecule has 1 fully saturated rings. The Morgan fingerprint density at radius 3 is 2.85 bits per heavy atom. The van der Waals surface area contributed by atoms with E-state index in [1.807, 2.05) is 24.3 Å². The lowest BCUT2D eigenvalue weighted by molar-refractivity contribution is -0.118. The highest BCUT2D eigenvalue weighted by atomic mass is 35.5. The van der Waals surface area contributed by atoms with Crippen LogP contribution in [0.15, 0.2) is 36.4 Å². The summed E-state index contributed by atoms with van der Waals surface area (Å²) in [6.07, 6.45) is 0.587. The minimum absolute atomic E-state index is 0.0220. The van der Waals surface area contributed by atoms with E-state index in [1.54, 1.807) is 12.1 Å². The highest BCUT2D eigenvalue weighted by molar-refractivity contribution is 7.18. The molecule has 2 aliphatic rings. The van der Waals surface area contributed by atoms with Crippen molar-refractivity contribution in [1.82, 2.24) is 0 Å². The third-order valence-corrected chi connectivity index (χ3v) is 5.40. The number of nitrogens with one attached hydrogen (secondary N) is 1. The van der Waals surface area contributed by atoms with Gasteiger partial charge in [-0.3, -0.25) is 9.59 Å². The molecule has 1 aliphatic carbocycles. The van der Waals surface area contributed by atoms with Crippen LogP contribution in [-0.2, 0) is 10.2 Å². The van der Waals surface area contributed by atoms with E-state index in [2.05, 4.69) is 5.32 Å². The summed E-state index contributed by atoms with van der Waals surface area (Å²) in [5.74, 6) is -0.297. The molecule has 1 N–H and O–H groups in total. The summed E-state index contributed by atoms with van der Waals surface area (Å²) in [5, 5.41) is 2.88. The molecule has 1 aromatic heterocycles. The molecule has 2 aromatic rings. The van der Waals surface area contributed by atoms with Crippen molar-refractivity contribution in [2.75, 3.05) is 5.32 Å². The van der Waals surface area contributed by atoms with Gasteiger partial charge in [-0.15, -0.1) is 11.3 Å². The molecular weight excluding hydrogens is 294 g/mol. The van der Waals surface area contributed by atoms with Crippen molar-refractivity contribution < 1.29 is 9.59 Å². The standard InChI is InChI=1S/C15H10ClNO2S/c16-12-6-5-11(20-12)13(18)9-7-15(9)8-3-1-2-4-10(8)17-14(15)19/h1-6,9H,7H2,(H,17,19). The third kappa shape index (κ3) is 1.46. The van der Waals surface area contributed by atoms with Crippen molar-refractivity contribution in [3.05, 3.63) is 51.2 Å². The van der Waals surface area contributed by atoms with E-state index in [4.69, 9.17) is 11.6 Å². The zero-order chi connectivity index (χ0) is 13.9. The van der Waals surface area contributed by atoms with Gasteiger partial charge in [0.15, 0.2) is 5.78 Å². The van der Waals surface area contributed by atoms with Crippen molar-refractivity contribution in [2.45, 2.75) is 11.8 Å². The van der Waals surface area contributed by atoms with Crippen molar-refractivity contribution in [3.8, 4) is 0 Å². The van der Waals surface area contributed by atoms with Gasteiger partial charge in [-0.25, -0.2) is 0 Å². The van der Waals surface area contributed by atoms with E-state index in [0.29, 0.717) is 15.6 Å². The number of amides is 1. The zero-order valence-corrected chi connectivity index (χ0v) is 11.9. The summed E-state index contributed by atoms with van der Waals surface area (Å²) in [5.41, 5.74) is 1.13. The Kier molecular flexibility index (Phi) is 2.38. The molecule has 3 nitrogen and oxygen atoms in total. The number of carbonyl (C=O) groups excluding carboxylic acids is 2. The molecule has 2 unspecified atom stereocenters. The molecular formula is C15H10ClNO2S. The van der Waals surface area contributed by atoms with Gasteiger partial charge in [0.1, 0.15) is 0 Å². The monoisotopic (exact) mass is 303 g/mol. The minimum atomic E-state index is -0.649. The maximum atomic E-state index is 12.5. The Bertz CT molecular complexity index is 754. The fraction of sp³-hybridized carbons (Fsp3) is 0.200. The average Bonchev–Trinajstić information content (AvgIpc) is 2.95. The molecule has 100 valence electrons. The van der Waals surface area contributed by atoms with Gasteiger partial charge in [0.25, 0.3) is 0 Å². The summed E-state index contributed by atoms with van der Waals surface area (Å²) in [6.45, 7) is 0. The normalized spacial score (nSPS) is 26.4. The fourth-order valence-electron chi connectivity index (χ4n) is 3.08. The molecule has 20 heavy (non-hydrogen) atoms. The smallest absolute Gasteiger partial charge is 0.235 e. The molecule has 0 radical (unpaired) electrons. The third-order valence-electron chi connectivity index (χ3n) is 4.15. The predicted octanol–water partition coefficient (Wildman–Crippen LogP) is 3.49. The van der Waals surface area contributed by atoms with Crippen LogP contribution in [0.1, 0.15) is 21.7 Å². The van der Waals surface area contributed by atoms with Gasteiger partial charge >= 0.3 is 0 Å². The fourth-order valence-corrected chi connectivity index (χ4v) is 4.12. The molecule has 4 rings (SSSR count). The van der Waals surface area contributed by atoms with E-state index in [1.165, 1.54) is 11.3 Å². The highest BCUT2D eigenvalue weighted by Gasteiger charge is 2.67. The summed E-state index contributed by atoms with van der Waals surface area (Å²) < 4.78 is 0.597. The van der Waals surface area contributed by atoms with Gasteiger partial charge in [0, 0.05) is 11.6 Å².